The fraction of sp³-hybridized carbons (Fsp3) is 0.429. The number of hydrogen-bond acceptors (Lipinski definition) is 4. The van der Waals surface area contributed by atoms with Crippen molar-refractivity contribution in [2.75, 3.05) is 6.54 Å². The maximum absolute atomic E-state index is 12.7. The smallest absolute Gasteiger partial charge is 0.259 e. The van der Waals surface area contributed by atoms with E-state index in [9.17, 15) is 4.79 Å². The van der Waals surface area contributed by atoms with E-state index in [0.29, 0.717) is 17.0 Å². The summed E-state index contributed by atoms with van der Waals surface area (Å²) in [6, 6.07) is 2.24. The number of rotatable bonds is 1. The lowest BCUT2D eigenvalue weighted by Gasteiger charge is -2.33. The molecule has 1 atom stereocenters. The summed E-state index contributed by atoms with van der Waals surface area (Å²) in [5, 5.41) is 5.97. The van der Waals surface area contributed by atoms with E-state index in [1.807, 2.05) is 11.8 Å². The average molecular weight is 276 g/mol. The van der Waals surface area contributed by atoms with Gasteiger partial charge >= 0.3 is 0 Å². The van der Waals surface area contributed by atoms with Crippen LogP contribution < -0.4 is 0 Å². The lowest BCUT2D eigenvalue weighted by molar-refractivity contribution is 0.0677. The van der Waals surface area contributed by atoms with Crippen LogP contribution in [0.25, 0.3) is 0 Å². The molecular weight excluding hydrogens is 260 g/mol. The largest absolute Gasteiger partial charge is 0.361 e. The first kappa shape index (κ1) is 12.4. The van der Waals surface area contributed by atoms with Gasteiger partial charge in [0.25, 0.3) is 5.91 Å². The molecule has 0 N–H and O–H groups in total. The van der Waals surface area contributed by atoms with E-state index in [4.69, 9.17) is 4.52 Å². The van der Waals surface area contributed by atoms with Crippen molar-refractivity contribution in [3.8, 4) is 0 Å². The number of aromatic nitrogens is 1. The average Bonchev–Trinajstić information content (AvgIpc) is 2.97. The Balaban J connectivity index is 1.94. The normalized spacial score (nSPS) is 18.5. The highest BCUT2D eigenvalue weighted by atomic mass is 32.1. The molecule has 1 aliphatic heterocycles. The zero-order valence-corrected chi connectivity index (χ0v) is 12.1. The molecular formula is C14H16N2O2S. The molecule has 3 rings (SSSR count). The lowest BCUT2D eigenvalue weighted by atomic mass is 10.00. The van der Waals surface area contributed by atoms with E-state index < -0.39 is 0 Å². The number of thiophene rings is 1. The first-order valence-corrected chi connectivity index (χ1v) is 7.27. The van der Waals surface area contributed by atoms with Gasteiger partial charge in [0.05, 0.1) is 11.7 Å². The second kappa shape index (κ2) is 4.49. The Hall–Kier alpha value is -1.62. The second-order valence-electron chi connectivity index (χ2n) is 4.92. The highest BCUT2D eigenvalue weighted by Gasteiger charge is 2.31. The fourth-order valence-electron chi connectivity index (χ4n) is 2.72. The first-order chi connectivity index (χ1) is 9.09. The van der Waals surface area contributed by atoms with Crippen LogP contribution in [0.4, 0.5) is 0 Å². The summed E-state index contributed by atoms with van der Waals surface area (Å²) in [6.07, 6.45) is 0.937. The number of carbonyl (C=O) groups excluding carboxylic acids is 1. The predicted octanol–water partition coefficient (Wildman–Crippen LogP) is 3.11. The van der Waals surface area contributed by atoms with Crippen molar-refractivity contribution in [1.29, 1.82) is 0 Å². The molecule has 0 fully saturated rings. The van der Waals surface area contributed by atoms with Gasteiger partial charge < -0.3 is 9.42 Å². The summed E-state index contributed by atoms with van der Waals surface area (Å²) in [7, 11) is 0. The van der Waals surface area contributed by atoms with Gasteiger partial charge in [-0.1, -0.05) is 5.16 Å². The van der Waals surface area contributed by atoms with Crippen molar-refractivity contribution >= 4 is 17.2 Å². The molecule has 0 saturated carbocycles. The molecule has 1 aliphatic rings. The quantitative estimate of drug-likeness (QED) is 0.804. The van der Waals surface area contributed by atoms with Crippen LogP contribution in [-0.2, 0) is 6.42 Å². The van der Waals surface area contributed by atoms with Gasteiger partial charge in [-0.25, -0.2) is 0 Å². The fourth-order valence-corrected chi connectivity index (χ4v) is 3.68. The number of nitrogens with zero attached hydrogens (tertiary/aromatic N) is 2. The number of aryl methyl sites for hydroxylation is 2. The Morgan fingerprint density at radius 3 is 3.00 bits per heavy atom. The SMILES string of the molecule is Cc1noc(C)c1C(=O)N1CCc2sccc2[C@@H]1C. The molecule has 0 bridgehead atoms. The molecule has 19 heavy (non-hydrogen) atoms. The van der Waals surface area contributed by atoms with Crippen LogP contribution in [-0.4, -0.2) is 22.5 Å². The third kappa shape index (κ3) is 1.89. The maximum Gasteiger partial charge on any atom is 0.259 e. The van der Waals surface area contributed by atoms with Crippen LogP contribution in [0, 0.1) is 13.8 Å². The Bertz CT molecular complexity index is 610. The summed E-state index contributed by atoms with van der Waals surface area (Å²) >= 11 is 1.78. The monoisotopic (exact) mass is 276 g/mol. The van der Waals surface area contributed by atoms with E-state index in [1.165, 1.54) is 10.4 Å². The number of fused-ring (bicyclic) bond motifs is 1. The topological polar surface area (TPSA) is 46.3 Å². The van der Waals surface area contributed by atoms with E-state index in [2.05, 4.69) is 23.5 Å². The third-order valence-electron chi connectivity index (χ3n) is 3.79. The van der Waals surface area contributed by atoms with Gasteiger partial charge in [-0.15, -0.1) is 11.3 Å². The zero-order chi connectivity index (χ0) is 13.6. The van der Waals surface area contributed by atoms with Gasteiger partial charge in [0.2, 0.25) is 0 Å². The Morgan fingerprint density at radius 1 is 1.53 bits per heavy atom. The molecule has 2 aromatic heterocycles. The van der Waals surface area contributed by atoms with E-state index in [-0.39, 0.29) is 11.9 Å². The van der Waals surface area contributed by atoms with Crippen molar-refractivity contribution in [3.63, 3.8) is 0 Å². The van der Waals surface area contributed by atoms with Crippen LogP contribution in [0.1, 0.15) is 45.2 Å². The Labute approximate surface area is 116 Å². The Kier molecular flexibility index (Phi) is 2.93. The van der Waals surface area contributed by atoms with Gasteiger partial charge in [-0.05, 0) is 44.2 Å². The Morgan fingerprint density at radius 2 is 2.32 bits per heavy atom. The van der Waals surface area contributed by atoms with Crippen LogP contribution >= 0.6 is 11.3 Å². The molecule has 5 heteroatoms. The van der Waals surface area contributed by atoms with Crippen LogP contribution in [0.2, 0.25) is 0 Å². The van der Waals surface area contributed by atoms with Gasteiger partial charge in [0.15, 0.2) is 0 Å². The molecule has 0 aromatic carbocycles. The minimum atomic E-state index is 0.0283. The summed E-state index contributed by atoms with van der Waals surface area (Å²) in [5.74, 6) is 0.631. The van der Waals surface area contributed by atoms with E-state index in [0.717, 1.165) is 13.0 Å². The summed E-state index contributed by atoms with van der Waals surface area (Å²) in [4.78, 5) is 16.0. The van der Waals surface area contributed by atoms with Gasteiger partial charge in [-0.3, -0.25) is 4.79 Å². The minimum absolute atomic E-state index is 0.0283. The van der Waals surface area contributed by atoms with Crippen molar-refractivity contribution in [1.82, 2.24) is 10.1 Å². The number of amides is 1. The van der Waals surface area contributed by atoms with Gasteiger partial charge in [0.1, 0.15) is 11.3 Å². The minimum Gasteiger partial charge on any atom is -0.361 e. The standard InChI is InChI=1S/C14H16N2O2S/c1-8-13(10(3)18-15-8)14(17)16-6-4-12-11(9(16)2)5-7-19-12/h5,7,9H,4,6H2,1-3H3/t9-/m0/s1. The summed E-state index contributed by atoms with van der Waals surface area (Å²) < 4.78 is 5.10. The van der Waals surface area contributed by atoms with Crippen molar-refractivity contribution in [2.24, 2.45) is 0 Å². The zero-order valence-electron chi connectivity index (χ0n) is 11.3. The molecule has 4 nitrogen and oxygen atoms in total. The molecule has 0 unspecified atom stereocenters. The van der Waals surface area contributed by atoms with Crippen LogP contribution in [0.15, 0.2) is 16.0 Å². The molecule has 0 saturated heterocycles. The highest BCUT2D eigenvalue weighted by molar-refractivity contribution is 7.10. The van der Waals surface area contributed by atoms with Gasteiger partial charge in [-0.2, -0.15) is 0 Å². The van der Waals surface area contributed by atoms with Crippen molar-refractivity contribution in [2.45, 2.75) is 33.2 Å². The molecule has 1 amide bonds. The van der Waals surface area contributed by atoms with Crippen LogP contribution in [0.5, 0.6) is 0 Å². The van der Waals surface area contributed by atoms with Crippen molar-refractivity contribution < 1.29 is 9.32 Å². The lowest BCUT2D eigenvalue weighted by Crippen LogP contribution is -2.38. The molecule has 0 spiro atoms. The summed E-state index contributed by atoms with van der Waals surface area (Å²) in [6.45, 7) is 6.45. The molecule has 3 heterocycles. The summed E-state index contributed by atoms with van der Waals surface area (Å²) in [5.41, 5.74) is 2.56. The molecule has 0 aliphatic carbocycles. The van der Waals surface area contributed by atoms with E-state index in [1.54, 1.807) is 18.3 Å². The number of hydrogen-bond donors (Lipinski definition) is 0. The number of carbonyl (C=O) groups is 1. The van der Waals surface area contributed by atoms with Gasteiger partial charge in [0, 0.05) is 11.4 Å². The maximum atomic E-state index is 12.7. The molecule has 2 aromatic rings. The molecule has 100 valence electrons. The van der Waals surface area contributed by atoms with Crippen molar-refractivity contribution in [3.05, 3.63) is 38.9 Å². The molecule has 0 radical (unpaired) electrons. The third-order valence-corrected chi connectivity index (χ3v) is 4.78. The first-order valence-electron chi connectivity index (χ1n) is 6.39. The van der Waals surface area contributed by atoms with E-state index >= 15 is 0 Å². The predicted molar refractivity (Wildman–Crippen MR) is 73.5 cm³/mol. The highest BCUT2D eigenvalue weighted by Crippen LogP contribution is 2.34. The van der Waals surface area contributed by atoms with Crippen LogP contribution in [0.3, 0.4) is 0 Å². The second-order valence-corrected chi connectivity index (χ2v) is 5.92.